The second-order valence-corrected chi connectivity index (χ2v) is 16.3. The summed E-state index contributed by atoms with van der Waals surface area (Å²) in [5.74, 6) is 0. The Morgan fingerprint density at radius 1 is 0.909 bits per heavy atom. The van der Waals surface area contributed by atoms with Crippen molar-refractivity contribution in [2.24, 2.45) is 0 Å². The highest BCUT2D eigenvalue weighted by molar-refractivity contribution is 7.33. The van der Waals surface area contributed by atoms with E-state index in [1.165, 1.54) is 0 Å². The zero-order valence-corrected chi connectivity index (χ0v) is 9.84. The highest BCUT2D eigenvalue weighted by atomic mass is 29.3. The maximum Gasteiger partial charge on any atom is 0.462 e. The van der Waals surface area contributed by atoms with Gasteiger partial charge >= 0.3 is 8.32 Å². The predicted octanol–water partition coefficient (Wildman–Crippen LogP) is 0.489. The molecule has 0 bridgehead atoms. The summed E-state index contributed by atoms with van der Waals surface area (Å²) >= 11 is 0. The molecular weight excluding hydrogens is 176 g/mol. The molecule has 0 rings (SSSR count). The summed E-state index contributed by atoms with van der Waals surface area (Å²) in [6.07, 6.45) is 0. The Bertz CT molecular complexity index is 127. The third-order valence-electron chi connectivity index (χ3n) is 2.71. The van der Waals surface area contributed by atoms with Gasteiger partial charge in [0.15, 0.2) is 0 Å². The van der Waals surface area contributed by atoms with Crippen molar-refractivity contribution in [1.29, 1.82) is 0 Å². The normalized spacial score (nSPS) is 15.3. The molecule has 0 atom stereocenters. The van der Waals surface area contributed by atoms with Gasteiger partial charge < -0.3 is 14.4 Å². The molecule has 0 spiro atoms. The zero-order valence-electron chi connectivity index (χ0n) is 7.84. The molecule has 11 heavy (non-hydrogen) atoms. The lowest BCUT2D eigenvalue weighted by atomic mass is 10.2. The van der Waals surface area contributed by atoms with Gasteiger partial charge in [-0.05, 0) is 5.04 Å². The second-order valence-electron chi connectivity index (χ2n) is 4.51. The summed E-state index contributed by atoms with van der Waals surface area (Å²) in [5, 5.41) is -0.169. The number of rotatable bonds is 1. The molecule has 0 aromatic carbocycles. The van der Waals surface area contributed by atoms with Gasteiger partial charge in [0.05, 0.1) is 0 Å². The molecule has 0 aliphatic carbocycles. The van der Waals surface area contributed by atoms with Crippen molar-refractivity contribution in [2.75, 3.05) is 0 Å². The predicted molar refractivity (Wildman–Crippen MR) is 49.6 cm³/mol. The molecule has 0 aromatic heterocycles. The molecule has 0 saturated heterocycles. The second kappa shape index (κ2) is 2.67. The molecule has 0 saturated carbocycles. The molecule has 68 valence electrons. The minimum atomic E-state index is -3.88. The molecule has 0 heterocycles. The Labute approximate surface area is 69.9 Å². The van der Waals surface area contributed by atoms with Gasteiger partial charge in [-0.1, -0.05) is 33.9 Å². The third-order valence-corrected chi connectivity index (χ3v) is 15.4. The van der Waals surface area contributed by atoms with E-state index >= 15 is 0 Å². The number of hydrogen-bond acceptors (Lipinski definition) is 3. The van der Waals surface area contributed by atoms with Crippen LogP contribution in [0.1, 0.15) is 20.8 Å². The summed E-state index contributed by atoms with van der Waals surface area (Å²) in [5.41, 5.74) is 0. The van der Waals surface area contributed by atoms with E-state index in [2.05, 4.69) is 0 Å². The maximum absolute atomic E-state index is 9.19. The van der Waals surface area contributed by atoms with E-state index in [0.717, 1.165) is 0 Å². The fourth-order valence-electron chi connectivity index (χ4n) is 0.503. The third kappa shape index (κ3) is 2.13. The average Bonchev–Trinajstić information content (AvgIpc) is 1.58. The smallest absolute Gasteiger partial charge is 0.393 e. The fraction of sp³-hybridized carbons (Fsp3) is 1.00. The van der Waals surface area contributed by atoms with Crippen molar-refractivity contribution in [3.63, 3.8) is 0 Å². The van der Waals surface area contributed by atoms with Crippen LogP contribution in [0.3, 0.4) is 0 Å². The van der Waals surface area contributed by atoms with Crippen LogP contribution in [-0.4, -0.2) is 30.3 Å². The minimum Gasteiger partial charge on any atom is -0.393 e. The average molecular weight is 194 g/mol. The lowest BCUT2D eigenvalue weighted by Gasteiger charge is -2.39. The van der Waals surface area contributed by atoms with Crippen molar-refractivity contribution >= 4 is 15.9 Å². The van der Waals surface area contributed by atoms with E-state index in [4.69, 9.17) is 0 Å². The first-order chi connectivity index (χ1) is 4.50. The van der Waals surface area contributed by atoms with Crippen molar-refractivity contribution in [3.8, 4) is 0 Å². The zero-order chi connectivity index (χ0) is 9.50. The lowest BCUT2D eigenvalue weighted by molar-refractivity contribution is 0.253. The monoisotopic (exact) mass is 194 g/mol. The van der Waals surface area contributed by atoms with Crippen LogP contribution < -0.4 is 0 Å². The van der Waals surface area contributed by atoms with Gasteiger partial charge in [0.1, 0.15) is 7.59 Å². The van der Waals surface area contributed by atoms with Crippen molar-refractivity contribution in [1.82, 2.24) is 0 Å². The Morgan fingerprint density at radius 3 is 1.18 bits per heavy atom. The minimum absolute atomic E-state index is 0.169. The molecule has 3 N–H and O–H groups in total. The van der Waals surface area contributed by atoms with E-state index in [0.29, 0.717) is 0 Å². The SMILES string of the molecule is CC(C)(C)[Si](C)(C)[Si](O)(O)O. The van der Waals surface area contributed by atoms with Gasteiger partial charge in [-0.2, -0.15) is 0 Å². The molecule has 0 aliphatic rings. The summed E-state index contributed by atoms with van der Waals surface area (Å²) in [4.78, 5) is 27.6. The van der Waals surface area contributed by atoms with Crippen LogP contribution in [0.15, 0.2) is 0 Å². The van der Waals surface area contributed by atoms with Crippen LogP contribution >= 0.6 is 0 Å². The van der Waals surface area contributed by atoms with Gasteiger partial charge in [0, 0.05) is 0 Å². The van der Waals surface area contributed by atoms with Gasteiger partial charge in [-0.3, -0.25) is 0 Å². The first-order valence-corrected chi connectivity index (χ1v) is 9.51. The van der Waals surface area contributed by atoms with Crippen LogP contribution in [0, 0.1) is 0 Å². The molecule has 0 amide bonds. The van der Waals surface area contributed by atoms with Gasteiger partial charge in [-0.15, -0.1) is 0 Å². The standard InChI is InChI=1S/C6H18O3Si2/c1-6(2,3)10(4,5)11(7,8)9/h7-9H,1-5H3. The van der Waals surface area contributed by atoms with Gasteiger partial charge in [0.2, 0.25) is 0 Å². The Kier molecular flexibility index (Phi) is 2.74. The van der Waals surface area contributed by atoms with Crippen LogP contribution in [-0.2, 0) is 0 Å². The highest BCUT2D eigenvalue weighted by Gasteiger charge is 2.55. The molecule has 5 heteroatoms. The molecular formula is C6H18O3Si2. The molecule has 0 radical (unpaired) electrons. The molecule has 0 aliphatic heterocycles. The molecule has 0 unspecified atom stereocenters. The van der Waals surface area contributed by atoms with Crippen LogP contribution in [0.4, 0.5) is 0 Å². The quantitative estimate of drug-likeness (QED) is 0.532. The summed E-state index contributed by atoms with van der Waals surface area (Å²) in [6, 6.07) is 0. The molecule has 3 nitrogen and oxygen atoms in total. The maximum atomic E-state index is 9.19. The molecule has 0 fully saturated rings. The van der Waals surface area contributed by atoms with Crippen molar-refractivity contribution in [2.45, 2.75) is 38.9 Å². The lowest BCUT2D eigenvalue weighted by Crippen LogP contribution is -2.65. The number of hydrogen-bond donors (Lipinski definition) is 3. The first-order valence-electron chi connectivity index (χ1n) is 3.67. The van der Waals surface area contributed by atoms with Crippen LogP contribution in [0.25, 0.3) is 0 Å². The van der Waals surface area contributed by atoms with E-state index in [9.17, 15) is 14.4 Å². The Balaban J connectivity index is 4.75. The topological polar surface area (TPSA) is 60.7 Å². The fourth-order valence-corrected chi connectivity index (χ4v) is 4.53. The summed E-state index contributed by atoms with van der Waals surface area (Å²) < 4.78 is 0. The van der Waals surface area contributed by atoms with Crippen molar-refractivity contribution < 1.29 is 14.4 Å². The summed E-state index contributed by atoms with van der Waals surface area (Å²) in [6.45, 7) is 9.41. The summed E-state index contributed by atoms with van der Waals surface area (Å²) in [7, 11) is -6.18. The van der Waals surface area contributed by atoms with E-state index in [1.54, 1.807) is 13.1 Å². The van der Waals surface area contributed by atoms with Crippen LogP contribution in [0.5, 0.6) is 0 Å². The first kappa shape index (κ1) is 11.3. The van der Waals surface area contributed by atoms with Gasteiger partial charge in [-0.25, -0.2) is 0 Å². The highest BCUT2D eigenvalue weighted by Crippen LogP contribution is 2.38. The van der Waals surface area contributed by atoms with Gasteiger partial charge in [0.25, 0.3) is 0 Å². The largest absolute Gasteiger partial charge is 0.462 e. The Hall–Kier alpha value is 0.314. The Morgan fingerprint density at radius 2 is 1.18 bits per heavy atom. The van der Waals surface area contributed by atoms with E-state index in [-0.39, 0.29) is 5.04 Å². The van der Waals surface area contributed by atoms with E-state index < -0.39 is 15.9 Å². The van der Waals surface area contributed by atoms with Crippen molar-refractivity contribution in [3.05, 3.63) is 0 Å². The van der Waals surface area contributed by atoms with Crippen LogP contribution in [0.2, 0.25) is 18.1 Å². The van der Waals surface area contributed by atoms with E-state index in [1.807, 2.05) is 20.8 Å². The molecule has 0 aromatic rings.